The molecule has 0 aromatic carbocycles. The molecule has 2 N–H and O–H groups in total. The first-order valence-corrected chi connectivity index (χ1v) is 8.53. The molecular formula is C16H22N4O2S. The predicted molar refractivity (Wildman–Crippen MR) is 90.3 cm³/mol. The van der Waals surface area contributed by atoms with Gasteiger partial charge in [-0.3, -0.25) is 9.59 Å². The van der Waals surface area contributed by atoms with E-state index in [-0.39, 0.29) is 17.7 Å². The third-order valence-corrected chi connectivity index (χ3v) is 4.30. The number of rotatable bonds is 8. The maximum absolute atomic E-state index is 12.3. The molecule has 2 aromatic heterocycles. The molecule has 1 atom stereocenters. The van der Waals surface area contributed by atoms with E-state index in [9.17, 15) is 9.59 Å². The normalized spacial score (nSPS) is 12.1. The van der Waals surface area contributed by atoms with Crippen LogP contribution in [0.5, 0.6) is 0 Å². The Hall–Kier alpha value is -2.15. The molecule has 0 spiro atoms. The van der Waals surface area contributed by atoms with Crippen molar-refractivity contribution in [1.29, 1.82) is 0 Å². The first-order chi connectivity index (χ1) is 11.1. The van der Waals surface area contributed by atoms with E-state index in [0.29, 0.717) is 11.4 Å². The number of aryl methyl sites for hydroxylation is 1. The second kappa shape index (κ2) is 8.47. The number of carbonyl (C=O) groups excluding carboxylic acids is 2. The van der Waals surface area contributed by atoms with E-state index >= 15 is 0 Å². The summed E-state index contributed by atoms with van der Waals surface area (Å²) >= 11 is 1.36. The standard InChI is InChI=1S/C16H22N4O2S/c1-12(2)14(19-15(21)13-5-3-10-23-13)16(22)18-6-4-8-20-9-7-17-11-20/h3,5,7,9-12,14H,4,6,8H2,1-2H3,(H,18,22)(H,19,21). The quantitative estimate of drug-likeness (QED) is 0.724. The minimum absolute atomic E-state index is 0.0209. The summed E-state index contributed by atoms with van der Waals surface area (Å²) in [5.41, 5.74) is 0. The highest BCUT2D eigenvalue weighted by Crippen LogP contribution is 2.10. The van der Waals surface area contributed by atoms with E-state index in [1.807, 2.05) is 36.1 Å². The van der Waals surface area contributed by atoms with Gasteiger partial charge in [0.25, 0.3) is 5.91 Å². The Morgan fingerprint density at radius 2 is 2.22 bits per heavy atom. The van der Waals surface area contributed by atoms with Gasteiger partial charge in [0.15, 0.2) is 0 Å². The molecule has 2 rings (SSSR count). The van der Waals surface area contributed by atoms with Crippen LogP contribution >= 0.6 is 11.3 Å². The maximum atomic E-state index is 12.3. The highest BCUT2D eigenvalue weighted by Gasteiger charge is 2.24. The van der Waals surface area contributed by atoms with Gasteiger partial charge < -0.3 is 15.2 Å². The van der Waals surface area contributed by atoms with E-state index in [1.54, 1.807) is 18.6 Å². The van der Waals surface area contributed by atoms with Crippen molar-refractivity contribution in [2.24, 2.45) is 5.92 Å². The molecule has 0 aliphatic heterocycles. The Balaban J connectivity index is 1.79. The number of nitrogens with zero attached hydrogens (tertiary/aromatic N) is 2. The molecule has 1 unspecified atom stereocenters. The highest BCUT2D eigenvalue weighted by molar-refractivity contribution is 7.12. The lowest BCUT2D eigenvalue weighted by atomic mass is 10.0. The topological polar surface area (TPSA) is 76.0 Å². The van der Waals surface area contributed by atoms with Crippen molar-refractivity contribution in [2.45, 2.75) is 32.9 Å². The van der Waals surface area contributed by atoms with Crippen LogP contribution in [0.1, 0.15) is 29.9 Å². The number of thiophene rings is 1. The molecule has 0 saturated carbocycles. The number of carbonyl (C=O) groups is 2. The first-order valence-electron chi connectivity index (χ1n) is 7.65. The van der Waals surface area contributed by atoms with Crippen LogP contribution in [0.15, 0.2) is 36.2 Å². The van der Waals surface area contributed by atoms with E-state index in [1.165, 1.54) is 11.3 Å². The van der Waals surface area contributed by atoms with E-state index < -0.39 is 6.04 Å². The molecule has 2 aromatic rings. The third-order valence-electron chi connectivity index (χ3n) is 3.43. The van der Waals surface area contributed by atoms with Crippen LogP contribution in [0.25, 0.3) is 0 Å². The number of hydrogen-bond acceptors (Lipinski definition) is 4. The van der Waals surface area contributed by atoms with Gasteiger partial charge in [0.05, 0.1) is 11.2 Å². The van der Waals surface area contributed by atoms with E-state index in [4.69, 9.17) is 0 Å². The molecule has 23 heavy (non-hydrogen) atoms. The molecule has 7 heteroatoms. The van der Waals surface area contributed by atoms with Crippen LogP contribution in [0, 0.1) is 5.92 Å². The highest BCUT2D eigenvalue weighted by atomic mass is 32.1. The molecule has 2 amide bonds. The SMILES string of the molecule is CC(C)C(NC(=O)c1cccs1)C(=O)NCCCn1ccnc1. The lowest BCUT2D eigenvalue weighted by molar-refractivity contribution is -0.123. The van der Waals surface area contributed by atoms with E-state index in [0.717, 1.165) is 13.0 Å². The Kier molecular flexibility index (Phi) is 6.34. The number of nitrogens with one attached hydrogen (secondary N) is 2. The molecule has 0 bridgehead atoms. The van der Waals surface area contributed by atoms with Gasteiger partial charge in [-0.25, -0.2) is 4.98 Å². The van der Waals surface area contributed by atoms with Gasteiger partial charge >= 0.3 is 0 Å². The molecule has 0 radical (unpaired) electrons. The lowest BCUT2D eigenvalue weighted by Crippen LogP contribution is -2.49. The Morgan fingerprint density at radius 3 is 2.83 bits per heavy atom. The summed E-state index contributed by atoms with van der Waals surface area (Å²) in [5, 5.41) is 7.55. The molecular weight excluding hydrogens is 312 g/mol. The summed E-state index contributed by atoms with van der Waals surface area (Å²) in [4.78, 5) is 29.0. The van der Waals surface area contributed by atoms with Gasteiger partial charge in [0, 0.05) is 25.5 Å². The zero-order valence-electron chi connectivity index (χ0n) is 13.4. The second-order valence-electron chi connectivity index (χ2n) is 5.62. The van der Waals surface area contributed by atoms with Crippen molar-refractivity contribution >= 4 is 23.2 Å². The van der Waals surface area contributed by atoms with Crippen molar-refractivity contribution < 1.29 is 9.59 Å². The van der Waals surface area contributed by atoms with Crippen LogP contribution < -0.4 is 10.6 Å². The minimum Gasteiger partial charge on any atom is -0.354 e. The summed E-state index contributed by atoms with van der Waals surface area (Å²) in [5.74, 6) is -0.324. The van der Waals surface area contributed by atoms with Crippen molar-refractivity contribution in [2.75, 3.05) is 6.54 Å². The van der Waals surface area contributed by atoms with Crippen LogP contribution in [0.4, 0.5) is 0 Å². The molecule has 0 aliphatic carbocycles. The van der Waals surface area contributed by atoms with Crippen molar-refractivity contribution in [1.82, 2.24) is 20.2 Å². The van der Waals surface area contributed by atoms with E-state index in [2.05, 4.69) is 15.6 Å². The molecule has 2 heterocycles. The molecule has 0 fully saturated rings. The van der Waals surface area contributed by atoms with Gasteiger partial charge in [-0.1, -0.05) is 19.9 Å². The third kappa shape index (κ3) is 5.21. The van der Waals surface area contributed by atoms with Crippen LogP contribution in [-0.4, -0.2) is 34.0 Å². The zero-order chi connectivity index (χ0) is 16.7. The molecule has 124 valence electrons. The summed E-state index contributed by atoms with van der Waals surface area (Å²) in [6.07, 6.45) is 6.18. The van der Waals surface area contributed by atoms with Gasteiger partial charge in [-0.15, -0.1) is 11.3 Å². The Labute approximate surface area is 139 Å². The Morgan fingerprint density at radius 1 is 1.39 bits per heavy atom. The first kappa shape index (κ1) is 17.2. The number of hydrogen-bond donors (Lipinski definition) is 2. The lowest BCUT2D eigenvalue weighted by Gasteiger charge is -2.21. The van der Waals surface area contributed by atoms with Crippen LogP contribution in [0.3, 0.4) is 0 Å². The maximum Gasteiger partial charge on any atom is 0.262 e. The smallest absolute Gasteiger partial charge is 0.262 e. The van der Waals surface area contributed by atoms with Crippen LogP contribution in [-0.2, 0) is 11.3 Å². The minimum atomic E-state index is -0.530. The fourth-order valence-electron chi connectivity index (χ4n) is 2.16. The summed E-state index contributed by atoms with van der Waals surface area (Å²) in [6, 6.07) is 3.04. The summed E-state index contributed by atoms with van der Waals surface area (Å²) in [6.45, 7) is 5.21. The number of imidazole rings is 1. The zero-order valence-corrected chi connectivity index (χ0v) is 14.2. The monoisotopic (exact) mass is 334 g/mol. The summed E-state index contributed by atoms with van der Waals surface area (Å²) < 4.78 is 1.96. The van der Waals surface area contributed by atoms with Gasteiger partial charge in [-0.2, -0.15) is 0 Å². The average Bonchev–Trinajstić information content (AvgIpc) is 3.21. The molecule has 6 nitrogen and oxygen atoms in total. The van der Waals surface area contributed by atoms with Crippen molar-refractivity contribution in [3.8, 4) is 0 Å². The average molecular weight is 334 g/mol. The molecule has 0 aliphatic rings. The van der Waals surface area contributed by atoms with Gasteiger partial charge in [-0.05, 0) is 23.8 Å². The van der Waals surface area contributed by atoms with Crippen LogP contribution in [0.2, 0.25) is 0 Å². The largest absolute Gasteiger partial charge is 0.354 e. The number of amides is 2. The second-order valence-corrected chi connectivity index (χ2v) is 6.57. The fraction of sp³-hybridized carbons (Fsp3) is 0.438. The van der Waals surface area contributed by atoms with Crippen molar-refractivity contribution in [3.63, 3.8) is 0 Å². The fourth-order valence-corrected chi connectivity index (χ4v) is 2.78. The number of aromatic nitrogens is 2. The summed E-state index contributed by atoms with van der Waals surface area (Å²) in [7, 11) is 0. The molecule has 0 saturated heterocycles. The predicted octanol–water partition coefficient (Wildman–Crippen LogP) is 1.91. The van der Waals surface area contributed by atoms with Gasteiger partial charge in [0.2, 0.25) is 5.91 Å². The van der Waals surface area contributed by atoms with Gasteiger partial charge in [0.1, 0.15) is 6.04 Å². The van der Waals surface area contributed by atoms with Crippen molar-refractivity contribution in [3.05, 3.63) is 41.1 Å². The Bertz CT molecular complexity index is 608.